The molecule has 2 aromatic carbocycles. The van der Waals surface area contributed by atoms with Gasteiger partial charge < -0.3 is 9.47 Å². The summed E-state index contributed by atoms with van der Waals surface area (Å²) in [5.74, 6) is 1.17. The number of nitrogens with zero attached hydrogens (tertiary/aromatic N) is 3. The minimum absolute atomic E-state index is 0.777. The summed E-state index contributed by atoms with van der Waals surface area (Å²) in [6.45, 7) is 4.47. The predicted molar refractivity (Wildman–Crippen MR) is 104 cm³/mol. The van der Waals surface area contributed by atoms with Crippen molar-refractivity contribution in [2.45, 2.75) is 32.2 Å². The second kappa shape index (κ2) is 7.59. The van der Waals surface area contributed by atoms with Gasteiger partial charge in [0, 0.05) is 11.4 Å². The molecule has 130 valence electrons. The third-order valence-corrected chi connectivity index (χ3v) is 5.46. The number of aryl methyl sites for hydroxylation is 1. The molecule has 0 radical (unpaired) electrons. The molecule has 4 rings (SSSR count). The van der Waals surface area contributed by atoms with Crippen LogP contribution in [0, 0.1) is 0 Å². The highest BCUT2D eigenvalue weighted by molar-refractivity contribution is 6.31. The van der Waals surface area contributed by atoms with E-state index in [9.17, 15) is 0 Å². The molecule has 0 spiro atoms. The van der Waals surface area contributed by atoms with Gasteiger partial charge in [0.2, 0.25) is 0 Å². The van der Waals surface area contributed by atoms with Crippen LogP contribution in [0.1, 0.15) is 30.7 Å². The summed E-state index contributed by atoms with van der Waals surface area (Å²) in [5, 5.41) is 0.822. The topological polar surface area (TPSA) is 21.1 Å². The third-order valence-electron chi connectivity index (χ3n) is 5.09. The summed E-state index contributed by atoms with van der Waals surface area (Å²) in [7, 11) is 0. The minimum Gasteiger partial charge on any atom is -0.323 e. The zero-order valence-corrected chi connectivity index (χ0v) is 15.3. The van der Waals surface area contributed by atoms with Crippen LogP contribution in [0.4, 0.5) is 0 Å². The Balaban J connectivity index is 1.58. The Kier molecular flexibility index (Phi) is 5.04. The number of aromatic nitrogens is 2. The van der Waals surface area contributed by atoms with E-state index in [0.29, 0.717) is 0 Å². The lowest BCUT2D eigenvalue weighted by Crippen LogP contribution is -2.21. The van der Waals surface area contributed by atoms with Crippen LogP contribution in [0.5, 0.6) is 0 Å². The van der Waals surface area contributed by atoms with Gasteiger partial charge in [0.1, 0.15) is 5.82 Å². The molecule has 0 unspecified atom stereocenters. The first-order valence-electron chi connectivity index (χ1n) is 9.21. The molecule has 0 saturated carbocycles. The zero-order valence-electron chi connectivity index (χ0n) is 14.5. The van der Waals surface area contributed by atoms with E-state index in [1.54, 1.807) is 0 Å². The largest absolute Gasteiger partial charge is 0.323 e. The van der Waals surface area contributed by atoms with Crippen molar-refractivity contribution in [1.29, 1.82) is 0 Å². The highest BCUT2D eigenvalue weighted by Gasteiger charge is 2.14. The number of likely N-dealkylation sites (tertiary alicyclic amines) is 1. The van der Waals surface area contributed by atoms with Gasteiger partial charge in [0.05, 0.1) is 17.6 Å². The SMILES string of the molecule is Clc1ccccc1Cn1c(CCCN2CCCC2)nc2ccccc21. The summed E-state index contributed by atoms with van der Waals surface area (Å²) in [4.78, 5) is 7.47. The van der Waals surface area contributed by atoms with Crippen LogP contribution < -0.4 is 0 Å². The summed E-state index contributed by atoms with van der Waals surface area (Å²) in [6, 6.07) is 16.5. The van der Waals surface area contributed by atoms with Crippen molar-refractivity contribution in [1.82, 2.24) is 14.5 Å². The van der Waals surface area contributed by atoms with Crippen LogP contribution in [-0.2, 0) is 13.0 Å². The number of halogens is 1. The van der Waals surface area contributed by atoms with Crippen molar-refractivity contribution in [2.24, 2.45) is 0 Å². The maximum atomic E-state index is 6.39. The number of hydrogen-bond acceptors (Lipinski definition) is 2. The van der Waals surface area contributed by atoms with Gasteiger partial charge in [-0.3, -0.25) is 0 Å². The summed E-state index contributed by atoms with van der Waals surface area (Å²) in [6.07, 6.45) is 4.87. The molecule has 1 aliphatic rings. The lowest BCUT2D eigenvalue weighted by Gasteiger charge is -2.15. The van der Waals surface area contributed by atoms with Gasteiger partial charge in [0.25, 0.3) is 0 Å². The summed E-state index contributed by atoms with van der Waals surface area (Å²) < 4.78 is 2.33. The van der Waals surface area contributed by atoms with Gasteiger partial charge in [-0.25, -0.2) is 4.98 Å². The molecule has 1 aromatic heterocycles. The standard InChI is InChI=1S/C21H24ClN3/c22-18-9-2-1-8-17(18)16-25-20-11-4-3-10-19(20)23-21(25)12-7-15-24-13-5-6-14-24/h1-4,8-11H,5-7,12-16H2. The average Bonchev–Trinajstić information content (AvgIpc) is 3.26. The lowest BCUT2D eigenvalue weighted by atomic mass is 10.2. The van der Waals surface area contributed by atoms with Crippen molar-refractivity contribution in [3.05, 3.63) is 64.9 Å². The number of hydrogen-bond donors (Lipinski definition) is 0. The monoisotopic (exact) mass is 353 g/mol. The number of benzene rings is 2. The molecular weight excluding hydrogens is 330 g/mol. The van der Waals surface area contributed by atoms with E-state index in [4.69, 9.17) is 16.6 Å². The molecule has 1 aliphatic heterocycles. The fourth-order valence-corrected chi connectivity index (χ4v) is 3.95. The Morgan fingerprint density at radius 1 is 0.960 bits per heavy atom. The normalized spacial score (nSPS) is 15.2. The van der Waals surface area contributed by atoms with E-state index in [1.165, 1.54) is 43.8 Å². The average molecular weight is 354 g/mol. The van der Waals surface area contributed by atoms with Crippen LogP contribution in [-0.4, -0.2) is 34.1 Å². The number of rotatable bonds is 6. The lowest BCUT2D eigenvalue weighted by molar-refractivity contribution is 0.332. The van der Waals surface area contributed by atoms with Crippen molar-refractivity contribution in [3.8, 4) is 0 Å². The van der Waals surface area contributed by atoms with E-state index in [2.05, 4.69) is 39.8 Å². The maximum Gasteiger partial charge on any atom is 0.110 e. The molecule has 25 heavy (non-hydrogen) atoms. The highest BCUT2D eigenvalue weighted by Crippen LogP contribution is 2.22. The fraction of sp³-hybridized carbons (Fsp3) is 0.381. The molecule has 0 aliphatic carbocycles. The molecule has 0 N–H and O–H groups in total. The van der Waals surface area contributed by atoms with Crippen LogP contribution in [0.3, 0.4) is 0 Å². The molecule has 0 amide bonds. The van der Waals surface area contributed by atoms with Crippen molar-refractivity contribution >= 4 is 22.6 Å². The molecule has 0 atom stereocenters. The van der Waals surface area contributed by atoms with E-state index in [-0.39, 0.29) is 0 Å². The fourth-order valence-electron chi connectivity index (χ4n) is 3.76. The number of para-hydroxylation sites is 2. The predicted octanol–water partition coefficient (Wildman–Crippen LogP) is 4.77. The molecule has 0 bridgehead atoms. The van der Waals surface area contributed by atoms with Crippen molar-refractivity contribution in [2.75, 3.05) is 19.6 Å². The Hall–Kier alpha value is -1.84. The van der Waals surface area contributed by atoms with Crippen LogP contribution in [0.25, 0.3) is 11.0 Å². The number of imidazole rings is 1. The van der Waals surface area contributed by atoms with E-state index < -0.39 is 0 Å². The Morgan fingerprint density at radius 3 is 2.56 bits per heavy atom. The molecule has 1 fully saturated rings. The second-order valence-corrected chi connectivity index (χ2v) is 7.25. The first-order chi connectivity index (χ1) is 12.3. The second-order valence-electron chi connectivity index (χ2n) is 6.85. The van der Waals surface area contributed by atoms with Gasteiger partial charge in [0.15, 0.2) is 0 Å². The first kappa shape index (κ1) is 16.6. The van der Waals surface area contributed by atoms with Crippen LogP contribution >= 0.6 is 11.6 Å². The summed E-state index contributed by atoms with van der Waals surface area (Å²) in [5.41, 5.74) is 3.41. The van der Waals surface area contributed by atoms with Gasteiger partial charge in [-0.1, -0.05) is 41.9 Å². The highest BCUT2D eigenvalue weighted by atomic mass is 35.5. The van der Waals surface area contributed by atoms with Gasteiger partial charge in [-0.15, -0.1) is 0 Å². The minimum atomic E-state index is 0.777. The number of fused-ring (bicyclic) bond motifs is 1. The van der Waals surface area contributed by atoms with Crippen LogP contribution in [0.2, 0.25) is 5.02 Å². The quantitative estimate of drug-likeness (QED) is 0.636. The molecular formula is C21H24ClN3. The van der Waals surface area contributed by atoms with E-state index in [0.717, 1.165) is 35.5 Å². The Bertz CT molecular complexity index is 849. The molecule has 3 nitrogen and oxygen atoms in total. The molecule has 2 heterocycles. The van der Waals surface area contributed by atoms with E-state index in [1.807, 2.05) is 18.2 Å². The van der Waals surface area contributed by atoms with E-state index >= 15 is 0 Å². The Labute approximate surface area is 154 Å². The van der Waals surface area contributed by atoms with Crippen molar-refractivity contribution in [3.63, 3.8) is 0 Å². The Morgan fingerprint density at radius 2 is 1.72 bits per heavy atom. The smallest absolute Gasteiger partial charge is 0.110 e. The molecule has 3 aromatic rings. The van der Waals surface area contributed by atoms with Gasteiger partial charge in [-0.2, -0.15) is 0 Å². The van der Waals surface area contributed by atoms with Crippen LogP contribution in [0.15, 0.2) is 48.5 Å². The zero-order chi connectivity index (χ0) is 17.1. The third kappa shape index (κ3) is 3.73. The summed E-state index contributed by atoms with van der Waals surface area (Å²) >= 11 is 6.39. The maximum absolute atomic E-state index is 6.39. The van der Waals surface area contributed by atoms with Gasteiger partial charge >= 0.3 is 0 Å². The molecule has 4 heteroatoms. The molecule has 1 saturated heterocycles. The first-order valence-corrected chi connectivity index (χ1v) is 9.59. The van der Waals surface area contributed by atoms with Crippen molar-refractivity contribution < 1.29 is 0 Å². The van der Waals surface area contributed by atoms with Gasteiger partial charge in [-0.05, 0) is 62.7 Å².